The van der Waals surface area contributed by atoms with Gasteiger partial charge in [0.1, 0.15) is 11.3 Å². The van der Waals surface area contributed by atoms with Crippen LogP contribution < -0.4 is 4.74 Å². The molecule has 0 spiro atoms. The molecule has 2 aromatic rings. The SMILES string of the molecule is CC(CN(C(=O)COc1ccc(Cl)c2cccnc12)C1CC1)C(=O)O. The molecule has 1 aromatic heterocycles. The molecule has 3 rings (SSSR count). The number of carbonyl (C=O) groups is 2. The van der Waals surface area contributed by atoms with Crippen LogP contribution in [0.4, 0.5) is 0 Å². The molecule has 0 aliphatic heterocycles. The highest BCUT2D eigenvalue weighted by Crippen LogP contribution is 2.30. The van der Waals surface area contributed by atoms with Crippen molar-refractivity contribution in [3.63, 3.8) is 0 Å². The number of rotatable bonds is 7. The lowest BCUT2D eigenvalue weighted by molar-refractivity contribution is -0.143. The second-order valence-corrected chi connectivity index (χ2v) is 6.66. The largest absolute Gasteiger partial charge is 0.481 e. The number of aromatic nitrogens is 1. The van der Waals surface area contributed by atoms with Crippen LogP contribution in [0.25, 0.3) is 10.9 Å². The predicted molar refractivity (Wildman–Crippen MR) is 93.8 cm³/mol. The summed E-state index contributed by atoms with van der Waals surface area (Å²) in [5.74, 6) is -1.25. The number of fused-ring (bicyclic) bond motifs is 1. The third-order valence-corrected chi connectivity index (χ3v) is 4.56. The lowest BCUT2D eigenvalue weighted by Gasteiger charge is -2.24. The highest BCUT2D eigenvalue weighted by Gasteiger charge is 2.34. The van der Waals surface area contributed by atoms with Crippen LogP contribution in [-0.4, -0.2) is 46.1 Å². The average molecular weight is 363 g/mol. The number of halogens is 1. The fraction of sp³-hybridized carbons (Fsp3) is 0.389. The molecule has 0 bridgehead atoms. The lowest BCUT2D eigenvalue weighted by atomic mass is 10.1. The zero-order chi connectivity index (χ0) is 18.0. The van der Waals surface area contributed by atoms with E-state index in [1.807, 2.05) is 6.07 Å². The maximum atomic E-state index is 12.5. The van der Waals surface area contributed by atoms with Gasteiger partial charge in [-0.2, -0.15) is 0 Å². The molecule has 1 saturated carbocycles. The number of carboxylic acids is 1. The summed E-state index contributed by atoms with van der Waals surface area (Å²) in [6.45, 7) is 1.64. The molecule has 0 saturated heterocycles. The summed E-state index contributed by atoms with van der Waals surface area (Å²) in [7, 11) is 0. The van der Waals surface area contributed by atoms with Gasteiger partial charge in [0.15, 0.2) is 6.61 Å². The van der Waals surface area contributed by atoms with Crippen LogP contribution >= 0.6 is 11.6 Å². The molecule has 6 nitrogen and oxygen atoms in total. The first kappa shape index (κ1) is 17.5. The summed E-state index contributed by atoms with van der Waals surface area (Å²) in [4.78, 5) is 29.5. The molecular formula is C18H19ClN2O4. The van der Waals surface area contributed by atoms with Gasteiger partial charge < -0.3 is 14.7 Å². The molecule has 1 aromatic carbocycles. The third kappa shape index (κ3) is 4.02. The zero-order valence-electron chi connectivity index (χ0n) is 13.8. The first-order valence-electron chi connectivity index (χ1n) is 8.15. The highest BCUT2D eigenvalue weighted by molar-refractivity contribution is 6.35. The Kier molecular flexibility index (Phi) is 5.08. The molecule has 25 heavy (non-hydrogen) atoms. The molecule has 1 aliphatic carbocycles. The van der Waals surface area contributed by atoms with E-state index in [4.69, 9.17) is 21.4 Å². The number of carbonyl (C=O) groups excluding carboxylic acids is 1. The van der Waals surface area contributed by atoms with E-state index in [1.54, 1.807) is 36.2 Å². The number of nitrogens with zero attached hydrogens (tertiary/aromatic N) is 2. The number of benzene rings is 1. The van der Waals surface area contributed by atoms with Crippen molar-refractivity contribution in [3.05, 3.63) is 35.5 Å². The Balaban J connectivity index is 1.71. The second-order valence-electron chi connectivity index (χ2n) is 6.25. The molecule has 1 fully saturated rings. The summed E-state index contributed by atoms with van der Waals surface area (Å²) in [6.07, 6.45) is 3.45. The number of aliphatic carboxylic acids is 1. The monoisotopic (exact) mass is 362 g/mol. The lowest BCUT2D eigenvalue weighted by Crippen LogP contribution is -2.41. The maximum Gasteiger partial charge on any atom is 0.308 e. The van der Waals surface area contributed by atoms with E-state index in [1.165, 1.54) is 0 Å². The molecular weight excluding hydrogens is 344 g/mol. The predicted octanol–water partition coefficient (Wildman–Crippen LogP) is 2.98. The molecule has 1 atom stereocenters. The Morgan fingerprint density at radius 3 is 2.84 bits per heavy atom. The van der Waals surface area contributed by atoms with Crippen molar-refractivity contribution in [1.29, 1.82) is 0 Å². The van der Waals surface area contributed by atoms with Crippen LogP contribution in [0.3, 0.4) is 0 Å². The van der Waals surface area contributed by atoms with Crippen molar-refractivity contribution >= 4 is 34.4 Å². The van der Waals surface area contributed by atoms with Gasteiger partial charge in [0.05, 0.1) is 10.9 Å². The van der Waals surface area contributed by atoms with Crippen molar-refractivity contribution in [2.24, 2.45) is 5.92 Å². The van der Waals surface area contributed by atoms with Gasteiger partial charge in [-0.3, -0.25) is 14.6 Å². The van der Waals surface area contributed by atoms with Crippen LogP contribution in [0.2, 0.25) is 5.02 Å². The van der Waals surface area contributed by atoms with Crippen LogP contribution in [-0.2, 0) is 9.59 Å². The van der Waals surface area contributed by atoms with Gasteiger partial charge >= 0.3 is 5.97 Å². The van der Waals surface area contributed by atoms with Gasteiger partial charge in [0.25, 0.3) is 5.91 Å². The molecule has 1 N–H and O–H groups in total. The molecule has 0 radical (unpaired) electrons. The van der Waals surface area contributed by atoms with Crippen LogP contribution in [0.5, 0.6) is 5.75 Å². The van der Waals surface area contributed by atoms with Crippen molar-refractivity contribution in [3.8, 4) is 5.75 Å². The van der Waals surface area contributed by atoms with Crippen molar-refractivity contribution in [2.45, 2.75) is 25.8 Å². The van der Waals surface area contributed by atoms with E-state index in [0.717, 1.165) is 18.2 Å². The Bertz CT molecular complexity index is 807. The second kappa shape index (κ2) is 7.27. The van der Waals surface area contributed by atoms with Gasteiger partial charge in [0, 0.05) is 24.2 Å². The summed E-state index contributed by atoms with van der Waals surface area (Å²) < 4.78 is 5.68. The van der Waals surface area contributed by atoms with E-state index in [0.29, 0.717) is 16.3 Å². The minimum Gasteiger partial charge on any atom is -0.481 e. The van der Waals surface area contributed by atoms with E-state index < -0.39 is 11.9 Å². The Hall–Kier alpha value is -2.34. The number of ether oxygens (including phenoxy) is 1. The van der Waals surface area contributed by atoms with Gasteiger partial charge in [-0.1, -0.05) is 18.5 Å². The van der Waals surface area contributed by atoms with E-state index >= 15 is 0 Å². The van der Waals surface area contributed by atoms with Crippen LogP contribution in [0, 0.1) is 5.92 Å². The third-order valence-electron chi connectivity index (χ3n) is 4.23. The Morgan fingerprint density at radius 2 is 2.16 bits per heavy atom. The number of carboxylic acid groups (broad SMARTS) is 1. The number of pyridine rings is 1. The minimum atomic E-state index is -0.910. The van der Waals surface area contributed by atoms with Gasteiger partial charge in [0.2, 0.25) is 0 Å². The highest BCUT2D eigenvalue weighted by atomic mass is 35.5. The number of hydrogen-bond donors (Lipinski definition) is 1. The van der Waals surface area contributed by atoms with Crippen LogP contribution in [0.15, 0.2) is 30.5 Å². The topological polar surface area (TPSA) is 79.7 Å². The van der Waals surface area contributed by atoms with Gasteiger partial charge in [-0.25, -0.2) is 0 Å². The summed E-state index contributed by atoms with van der Waals surface area (Å²) in [5, 5.41) is 10.4. The van der Waals surface area contributed by atoms with E-state index in [9.17, 15) is 9.59 Å². The molecule has 132 valence electrons. The molecule has 1 aliphatic rings. The fourth-order valence-corrected chi connectivity index (χ4v) is 2.88. The molecule has 1 heterocycles. The summed E-state index contributed by atoms with van der Waals surface area (Å²) >= 11 is 6.15. The maximum absolute atomic E-state index is 12.5. The molecule has 7 heteroatoms. The van der Waals surface area contributed by atoms with Gasteiger partial charge in [-0.15, -0.1) is 0 Å². The standard InChI is InChI=1S/C18H19ClN2O4/c1-11(18(23)24)9-21(12-4-5-12)16(22)10-25-15-7-6-14(19)13-3-2-8-20-17(13)15/h2-3,6-8,11-12H,4-5,9-10H2,1H3,(H,23,24). The molecule has 1 unspecified atom stereocenters. The Morgan fingerprint density at radius 1 is 1.40 bits per heavy atom. The first-order chi connectivity index (χ1) is 12.0. The smallest absolute Gasteiger partial charge is 0.308 e. The van der Waals surface area contributed by atoms with E-state index in [2.05, 4.69) is 4.98 Å². The average Bonchev–Trinajstić information content (AvgIpc) is 3.43. The van der Waals surface area contributed by atoms with Gasteiger partial charge in [-0.05, 0) is 37.1 Å². The normalized spacial score (nSPS) is 15.0. The Labute approximate surface area is 150 Å². The summed E-state index contributed by atoms with van der Waals surface area (Å²) in [5.41, 5.74) is 0.597. The minimum absolute atomic E-state index is 0.123. The number of hydrogen-bond acceptors (Lipinski definition) is 4. The fourth-order valence-electron chi connectivity index (χ4n) is 2.66. The van der Waals surface area contributed by atoms with Crippen molar-refractivity contribution in [1.82, 2.24) is 9.88 Å². The summed E-state index contributed by atoms with van der Waals surface area (Å²) in [6, 6.07) is 7.14. The number of amides is 1. The van der Waals surface area contributed by atoms with Crippen LogP contribution in [0.1, 0.15) is 19.8 Å². The zero-order valence-corrected chi connectivity index (χ0v) is 14.6. The molecule has 1 amide bonds. The quantitative estimate of drug-likeness (QED) is 0.819. The first-order valence-corrected chi connectivity index (χ1v) is 8.53. The van der Waals surface area contributed by atoms with E-state index in [-0.39, 0.29) is 25.1 Å². The van der Waals surface area contributed by atoms with Crippen molar-refractivity contribution < 1.29 is 19.4 Å². The van der Waals surface area contributed by atoms with Crippen molar-refractivity contribution in [2.75, 3.05) is 13.2 Å².